The van der Waals surface area contributed by atoms with Gasteiger partial charge in [0, 0.05) is 16.6 Å². The van der Waals surface area contributed by atoms with Gasteiger partial charge in [0.25, 0.3) is 0 Å². The van der Waals surface area contributed by atoms with E-state index in [-0.39, 0.29) is 28.0 Å². The predicted molar refractivity (Wildman–Crippen MR) is 99.2 cm³/mol. The molecule has 0 aliphatic carbocycles. The number of pyridine rings is 2. The number of anilines is 1. The number of thiazole rings is 1. The minimum absolute atomic E-state index is 0.0888. The lowest BCUT2D eigenvalue weighted by atomic mass is 9.99. The molecule has 0 spiro atoms. The number of amides is 1. The summed E-state index contributed by atoms with van der Waals surface area (Å²) < 4.78 is 55.0. The molecule has 1 unspecified atom stereocenters. The van der Waals surface area contributed by atoms with Gasteiger partial charge in [-0.3, -0.25) is 9.78 Å². The molecule has 1 aliphatic heterocycles. The van der Waals surface area contributed by atoms with E-state index in [1.807, 2.05) is 0 Å². The number of fused-ring (bicyclic) bond motifs is 1. The maximum atomic E-state index is 13.8. The molecule has 5 nitrogen and oxygen atoms in total. The van der Waals surface area contributed by atoms with Gasteiger partial charge < -0.3 is 4.90 Å². The monoisotopic (exact) mass is 442 g/mol. The Hall–Kier alpha value is -2.59. The van der Waals surface area contributed by atoms with Crippen molar-refractivity contribution in [1.82, 2.24) is 15.0 Å². The normalized spacial score (nSPS) is 16.8. The Labute approximate surface area is 171 Å². The molecule has 0 saturated heterocycles. The Bertz CT molecular complexity index is 1120. The van der Waals surface area contributed by atoms with E-state index in [1.54, 1.807) is 6.92 Å². The summed E-state index contributed by atoms with van der Waals surface area (Å²) in [5, 5.41) is 0. The van der Waals surface area contributed by atoms with Crippen LogP contribution in [0.1, 0.15) is 29.1 Å². The molecule has 4 rings (SSSR count). The van der Waals surface area contributed by atoms with Gasteiger partial charge in [-0.15, -0.1) is 11.3 Å². The minimum Gasteiger partial charge on any atom is -0.304 e. The number of hydrogen-bond donors (Lipinski definition) is 0. The van der Waals surface area contributed by atoms with E-state index in [1.165, 1.54) is 12.3 Å². The van der Waals surface area contributed by atoms with Gasteiger partial charge in [-0.2, -0.15) is 13.2 Å². The number of aromatic nitrogens is 3. The second-order valence-electron chi connectivity index (χ2n) is 6.38. The first kappa shape index (κ1) is 19.7. The van der Waals surface area contributed by atoms with Crippen LogP contribution in [0.25, 0.3) is 11.3 Å². The number of carbonyl (C=O) groups is 1. The molecule has 1 amide bonds. The van der Waals surface area contributed by atoms with E-state index in [4.69, 9.17) is 11.6 Å². The number of alkyl halides is 3. The van der Waals surface area contributed by atoms with Gasteiger partial charge in [0.2, 0.25) is 5.91 Å². The van der Waals surface area contributed by atoms with E-state index >= 15 is 0 Å². The van der Waals surface area contributed by atoms with E-state index < -0.39 is 29.5 Å². The molecule has 0 aromatic carbocycles. The molecule has 11 heteroatoms. The van der Waals surface area contributed by atoms with Crippen molar-refractivity contribution in [2.75, 3.05) is 4.90 Å². The van der Waals surface area contributed by atoms with E-state index in [0.29, 0.717) is 10.6 Å². The molecule has 1 atom stereocenters. The summed E-state index contributed by atoms with van der Waals surface area (Å²) in [5.41, 5.74) is -1.15. The first-order valence-corrected chi connectivity index (χ1v) is 9.50. The van der Waals surface area contributed by atoms with Gasteiger partial charge in [-0.1, -0.05) is 11.6 Å². The predicted octanol–water partition coefficient (Wildman–Crippen LogP) is 5.06. The van der Waals surface area contributed by atoms with Gasteiger partial charge in [0.15, 0.2) is 10.2 Å². The fourth-order valence-corrected chi connectivity index (χ4v) is 4.39. The Morgan fingerprint density at radius 3 is 2.69 bits per heavy atom. The summed E-state index contributed by atoms with van der Waals surface area (Å²) in [6, 6.07) is 3.50. The molecule has 1 aliphatic rings. The highest BCUT2D eigenvalue weighted by Crippen LogP contribution is 2.42. The standard InChI is InChI=1S/C18H11ClF4N4OS/c1-8-14-13(29-17(19)26-14)7-27(16(8)28)12-3-2-11(25-15(12)18(21,22)23)9-4-10(20)6-24-5-9/h2-6,8H,7H2,1H3. The second-order valence-corrected chi connectivity index (χ2v) is 8.04. The first-order valence-electron chi connectivity index (χ1n) is 8.31. The van der Waals surface area contributed by atoms with Crippen molar-refractivity contribution in [3.05, 3.63) is 57.1 Å². The molecule has 3 aromatic rings. The topological polar surface area (TPSA) is 59.0 Å². The molecule has 0 radical (unpaired) electrons. The highest BCUT2D eigenvalue weighted by molar-refractivity contribution is 7.15. The van der Waals surface area contributed by atoms with Crippen molar-refractivity contribution in [3.63, 3.8) is 0 Å². The highest BCUT2D eigenvalue weighted by atomic mass is 35.5. The molecule has 0 saturated carbocycles. The van der Waals surface area contributed by atoms with Crippen molar-refractivity contribution in [2.24, 2.45) is 0 Å². The Balaban J connectivity index is 1.82. The average Bonchev–Trinajstić information content (AvgIpc) is 3.04. The molecular weight excluding hydrogens is 432 g/mol. The van der Waals surface area contributed by atoms with Gasteiger partial charge in [0.05, 0.1) is 35.7 Å². The Morgan fingerprint density at radius 1 is 1.24 bits per heavy atom. The third kappa shape index (κ3) is 3.58. The van der Waals surface area contributed by atoms with E-state index in [0.717, 1.165) is 34.6 Å². The number of hydrogen-bond acceptors (Lipinski definition) is 5. The van der Waals surface area contributed by atoms with Crippen LogP contribution in [0.2, 0.25) is 4.47 Å². The van der Waals surface area contributed by atoms with Crippen molar-refractivity contribution in [3.8, 4) is 11.3 Å². The summed E-state index contributed by atoms with van der Waals surface area (Å²) in [6.45, 7) is 1.48. The lowest BCUT2D eigenvalue weighted by Gasteiger charge is -2.31. The molecule has 150 valence electrons. The zero-order valence-corrected chi connectivity index (χ0v) is 16.2. The maximum Gasteiger partial charge on any atom is 0.435 e. The van der Waals surface area contributed by atoms with Crippen LogP contribution in [0, 0.1) is 5.82 Å². The third-order valence-corrected chi connectivity index (χ3v) is 5.64. The van der Waals surface area contributed by atoms with Crippen molar-refractivity contribution < 1.29 is 22.4 Å². The Morgan fingerprint density at radius 2 is 2.00 bits per heavy atom. The van der Waals surface area contributed by atoms with Crippen LogP contribution < -0.4 is 4.90 Å². The molecular formula is C18H11ClF4N4OS. The lowest BCUT2D eigenvalue weighted by molar-refractivity contribution is -0.140. The zero-order chi connectivity index (χ0) is 20.9. The van der Waals surface area contributed by atoms with Gasteiger partial charge in [-0.25, -0.2) is 14.4 Å². The average molecular weight is 443 g/mol. The molecule has 0 fully saturated rings. The smallest absolute Gasteiger partial charge is 0.304 e. The number of halogens is 5. The second kappa shape index (κ2) is 7.03. The summed E-state index contributed by atoms with van der Waals surface area (Å²) in [4.78, 5) is 25.8. The SMILES string of the molecule is CC1C(=O)N(c2ccc(-c3cncc(F)c3)nc2C(F)(F)F)Cc2sc(Cl)nc21. The van der Waals surface area contributed by atoms with Crippen LogP contribution in [0.3, 0.4) is 0 Å². The molecule has 29 heavy (non-hydrogen) atoms. The van der Waals surface area contributed by atoms with E-state index in [9.17, 15) is 22.4 Å². The first-order chi connectivity index (χ1) is 13.6. The summed E-state index contributed by atoms with van der Waals surface area (Å²) in [7, 11) is 0. The minimum atomic E-state index is -4.83. The molecule has 0 bridgehead atoms. The van der Waals surface area contributed by atoms with Crippen LogP contribution in [0.4, 0.5) is 23.2 Å². The molecule has 0 N–H and O–H groups in total. The fraction of sp³-hybridized carbons (Fsp3) is 0.222. The van der Waals surface area contributed by atoms with E-state index in [2.05, 4.69) is 15.0 Å². The third-order valence-electron chi connectivity index (χ3n) is 4.48. The zero-order valence-electron chi connectivity index (χ0n) is 14.7. The fourth-order valence-electron chi connectivity index (χ4n) is 3.15. The molecule has 4 heterocycles. The van der Waals surface area contributed by atoms with Crippen molar-refractivity contribution in [1.29, 1.82) is 0 Å². The Kier molecular flexibility index (Phi) is 4.78. The van der Waals surface area contributed by atoms with Gasteiger partial charge in [0.1, 0.15) is 5.82 Å². The quantitative estimate of drug-likeness (QED) is 0.520. The van der Waals surface area contributed by atoms with Gasteiger partial charge in [-0.05, 0) is 25.1 Å². The summed E-state index contributed by atoms with van der Waals surface area (Å²) in [6.07, 6.45) is -2.68. The van der Waals surface area contributed by atoms with Crippen LogP contribution in [0.5, 0.6) is 0 Å². The maximum absolute atomic E-state index is 13.8. The van der Waals surface area contributed by atoms with Gasteiger partial charge >= 0.3 is 6.18 Å². The van der Waals surface area contributed by atoms with Crippen LogP contribution in [0.15, 0.2) is 30.6 Å². The summed E-state index contributed by atoms with van der Waals surface area (Å²) in [5.74, 6) is -1.97. The number of nitrogens with zero attached hydrogens (tertiary/aromatic N) is 4. The highest BCUT2D eigenvalue weighted by Gasteiger charge is 2.41. The lowest BCUT2D eigenvalue weighted by Crippen LogP contribution is -2.39. The van der Waals surface area contributed by atoms with Crippen molar-refractivity contribution in [2.45, 2.75) is 25.6 Å². The van der Waals surface area contributed by atoms with Crippen LogP contribution in [-0.2, 0) is 17.5 Å². The van der Waals surface area contributed by atoms with Crippen LogP contribution >= 0.6 is 22.9 Å². The summed E-state index contributed by atoms with van der Waals surface area (Å²) >= 11 is 7.03. The largest absolute Gasteiger partial charge is 0.435 e. The number of rotatable bonds is 2. The van der Waals surface area contributed by atoms with Crippen LogP contribution in [-0.4, -0.2) is 20.9 Å². The van der Waals surface area contributed by atoms with Crippen molar-refractivity contribution >= 4 is 34.5 Å². The number of carbonyl (C=O) groups excluding carboxylic acids is 1. The molecule has 3 aromatic heterocycles.